The van der Waals surface area contributed by atoms with Gasteiger partial charge in [-0.05, 0) is 32.9 Å². The van der Waals surface area contributed by atoms with Crippen LogP contribution in [0.3, 0.4) is 0 Å². The molecule has 78 valence electrons. The highest BCUT2D eigenvalue weighted by molar-refractivity contribution is 5.29. The van der Waals surface area contributed by atoms with Gasteiger partial charge in [-0.25, -0.2) is 8.78 Å². The van der Waals surface area contributed by atoms with Gasteiger partial charge in [0.15, 0.2) is 0 Å². The lowest BCUT2D eigenvalue weighted by molar-refractivity contribution is 0.127. The summed E-state index contributed by atoms with van der Waals surface area (Å²) in [4.78, 5) is 0. The molecule has 0 atom stereocenters. The predicted octanol–water partition coefficient (Wildman–Crippen LogP) is 3.80. The zero-order valence-corrected chi connectivity index (χ0v) is 8.55. The number of benzene rings is 1. The van der Waals surface area contributed by atoms with Crippen LogP contribution in [-0.2, 0) is 0 Å². The molecule has 0 aliphatic heterocycles. The highest BCUT2D eigenvalue weighted by Crippen LogP contribution is 2.25. The third-order valence-electron chi connectivity index (χ3n) is 1.53. The molecule has 0 saturated carbocycles. The van der Waals surface area contributed by atoms with Crippen LogP contribution in [0.2, 0.25) is 0 Å². The number of ether oxygens (including phenoxy) is 1. The van der Waals surface area contributed by atoms with Gasteiger partial charge in [0, 0.05) is 5.56 Å². The Hall–Kier alpha value is -1.12. The largest absolute Gasteiger partial charge is 0.488 e. The molecule has 0 amide bonds. The van der Waals surface area contributed by atoms with E-state index in [4.69, 9.17) is 4.74 Å². The van der Waals surface area contributed by atoms with Crippen LogP contribution in [0.5, 0.6) is 5.75 Å². The standard InChI is InChI=1S/C11H14F2O/c1-11(2,3)14-9-6-4-5-8(7-9)10(12)13/h4-7,10H,1-3H3. The molecule has 0 bridgehead atoms. The third-order valence-corrected chi connectivity index (χ3v) is 1.53. The Morgan fingerprint density at radius 2 is 1.86 bits per heavy atom. The fourth-order valence-electron chi connectivity index (χ4n) is 1.07. The van der Waals surface area contributed by atoms with Gasteiger partial charge in [-0.1, -0.05) is 12.1 Å². The SMILES string of the molecule is CC(C)(C)Oc1cccc(C(F)F)c1. The first-order chi connectivity index (χ1) is 6.38. The Morgan fingerprint density at radius 3 is 2.36 bits per heavy atom. The van der Waals surface area contributed by atoms with Crippen LogP contribution in [-0.4, -0.2) is 5.60 Å². The van der Waals surface area contributed by atoms with E-state index in [1.54, 1.807) is 12.1 Å². The summed E-state index contributed by atoms with van der Waals surface area (Å²) in [5.41, 5.74) is -0.368. The van der Waals surface area contributed by atoms with Crippen molar-refractivity contribution in [2.45, 2.75) is 32.8 Å². The number of halogens is 2. The van der Waals surface area contributed by atoms with Gasteiger partial charge in [0.2, 0.25) is 0 Å². The minimum absolute atomic E-state index is 0.00764. The van der Waals surface area contributed by atoms with Crippen molar-refractivity contribution in [3.8, 4) is 5.75 Å². The van der Waals surface area contributed by atoms with Crippen LogP contribution in [0, 0.1) is 0 Å². The van der Waals surface area contributed by atoms with Gasteiger partial charge in [0.1, 0.15) is 11.4 Å². The maximum Gasteiger partial charge on any atom is 0.263 e. The van der Waals surface area contributed by atoms with Gasteiger partial charge in [-0.2, -0.15) is 0 Å². The van der Waals surface area contributed by atoms with Gasteiger partial charge in [-0.15, -0.1) is 0 Å². The van der Waals surface area contributed by atoms with Gasteiger partial charge >= 0.3 is 0 Å². The smallest absolute Gasteiger partial charge is 0.263 e. The molecule has 0 unspecified atom stereocenters. The summed E-state index contributed by atoms with van der Waals surface area (Å²) in [5.74, 6) is 0.482. The molecule has 1 rings (SSSR count). The van der Waals surface area contributed by atoms with E-state index in [-0.39, 0.29) is 11.2 Å². The summed E-state index contributed by atoms with van der Waals surface area (Å²) >= 11 is 0. The monoisotopic (exact) mass is 200 g/mol. The van der Waals surface area contributed by atoms with Gasteiger partial charge in [0.25, 0.3) is 6.43 Å². The quantitative estimate of drug-likeness (QED) is 0.705. The maximum atomic E-state index is 12.3. The van der Waals surface area contributed by atoms with E-state index in [1.807, 2.05) is 20.8 Å². The zero-order chi connectivity index (χ0) is 10.8. The van der Waals surface area contributed by atoms with Crippen molar-refractivity contribution >= 4 is 0 Å². The molecule has 0 aromatic heterocycles. The lowest BCUT2D eigenvalue weighted by Crippen LogP contribution is -2.22. The van der Waals surface area contributed by atoms with Crippen molar-refractivity contribution in [1.82, 2.24) is 0 Å². The molecular formula is C11H14F2O. The first-order valence-corrected chi connectivity index (χ1v) is 4.45. The van der Waals surface area contributed by atoms with Crippen LogP contribution in [0.1, 0.15) is 32.8 Å². The summed E-state index contributed by atoms with van der Waals surface area (Å²) < 4.78 is 30.1. The Labute approximate surface area is 82.7 Å². The van der Waals surface area contributed by atoms with E-state index in [0.717, 1.165) is 0 Å². The molecule has 1 aromatic carbocycles. The van der Waals surface area contributed by atoms with Crippen molar-refractivity contribution in [3.63, 3.8) is 0 Å². The minimum atomic E-state index is -2.45. The summed E-state index contributed by atoms with van der Waals surface area (Å²) in [6.07, 6.45) is -2.45. The molecule has 14 heavy (non-hydrogen) atoms. The second-order valence-corrected chi connectivity index (χ2v) is 4.09. The molecule has 0 aliphatic carbocycles. The number of hydrogen-bond acceptors (Lipinski definition) is 1. The van der Waals surface area contributed by atoms with Crippen molar-refractivity contribution in [2.24, 2.45) is 0 Å². The lowest BCUT2D eigenvalue weighted by Gasteiger charge is -2.21. The number of rotatable bonds is 2. The molecule has 0 saturated heterocycles. The predicted molar refractivity (Wildman–Crippen MR) is 51.8 cm³/mol. The lowest BCUT2D eigenvalue weighted by atomic mass is 10.1. The molecule has 0 heterocycles. The van der Waals surface area contributed by atoms with E-state index >= 15 is 0 Å². The average molecular weight is 200 g/mol. The molecule has 1 aromatic rings. The van der Waals surface area contributed by atoms with Crippen LogP contribution < -0.4 is 4.74 Å². The van der Waals surface area contributed by atoms with E-state index in [1.165, 1.54) is 12.1 Å². The Morgan fingerprint density at radius 1 is 1.21 bits per heavy atom. The van der Waals surface area contributed by atoms with Gasteiger partial charge in [-0.3, -0.25) is 0 Å². The second-order valence-electron chi connectivity index (χ2n) is 4.09. The summed E-state index contributed by atoms with van der Waals surface area (Å²) in [7, 11) is 0. The van der Waals surface area contributed by atoms with Crippen molar-refractivity contribution in [2.75, 3.05) is 0 Å². The van der Waals surface area contributed by atoms with Crippen LogP contribution in [0.4, 0.5) is 8.78 Å². The fraction of sp³-hybridized carbons (Fsp3) is 0.455. The summed E-state index contributed by atoms with van der Waals surface area (Å²) in [6.45, 7) is 5.63. The van der Waals surface area contributed by atoms with Crippen LogP contribution >= 0.6 is 0 Å². The molecule has 0 aliphatic rings. The molecule has 0 radical (unpaired) electrons. The highest BCUT2D eigenvalue weighted by atomic mass is 19.3. The molecule has 0 spiro atoms. The van der Waals surface area contributed by atoms with E-state index < -0.39 is 6.43 Å². The van der Waals surface area contributed by atoms with Crippen LogP contribution in [0.15, 0.2) is 24.3 Å². The van der Waals surface area contributed by atoms with Crippen molar-refractivity contribution < 1.29 is 13.5 Å². The molecule has 3 heteroatoms. The Bertz CT molecular complexity index is 302. The van der Waals surface area contributed by atoms with E-state index in [9.17, 15) is 8.78 Å². The normalized spacial score (nSPS) is 11.9. The zero-order valence-electron chi connectivity index (χ0n) is 8.55. The first-order valence-electron chi connectivity index (χ1n) is 4.45. The maximum absolute atomic E-state index is 12.3. The molecule has 0 fully saturated rings. The average Bonchev–Trinajstić information content (AvgIpc) is 2.01. The summed E-state index contributed by atoms with van der Waals surface area (Å²) in [6, 6.07) is 6.01. The third kappa shape index (κ3) is 3.32. The molecule has 1 nitrogen and oxygen atoms in total. The summed E-state index contributed by atoms with van der Waals surface area (Å²) in [5, 5.41) is 0. The fourth-order valence-corrected chi connectivity index (χ4v) is 1.07. The number of hydrogen-bond donors (Lipinski definition) is 0. The minimum Gasteiger partial charge on any atom is -0.488 e. The van der Waals surface area contributed by atoms with Crippen molar-refractivity contribution in [1.29, 1.82) is 0 Å². The van der Waals surface area contributed by atoms with Gasteiger partial charge < -0.3 is 4.74 Å². The van der Waals surface area contributed by atoms with E-state index in [2.05, 4.69) is 0 Å². The van der Waals surface area contributed by atoms with Crippen LogP contribution in [0.25, 0.3) is 0 Å². The van der Waals surface area contributed by atoms with Crippen molar-refractivity contribution in [3.05, 3.63) is 29.8 Å². The second kappa shape index (κ2) is 3.95. The molecule has 0 N–H and O–H groups in total. The van der Waals surface area contributed by atoms with Gasteiger partial charge in [0.05, 0.1) is 0 Å². The van der Waals surface area contributed by atoms with E-state index in [0.29, 0.717) is 5.75 Å². The highest BCUT2D eigenvalue weighted by Gasteiger charge is 2.13. The Kier molecular flexibility index (Phi) is 3.09. The Balaban J connectivity index is 2.84. The molecular weight excluding hydrogens is 186 g/mol. The first kappa shape index (κ1) is 11.0. The topological polar surface area (TPSA) is 9.23 Å². The number of alkyl halides is 2.